The Labute approximate surface area is 171 Å². The van der Waals surface area contributed by atoms with Crippen molar-refractivity contribution in [2.45, 2.75) is 32.9 Å². The maximum Gasteiger partial charge on any atom is 0.261 e. The minimum Gasteiger partial charge on any atom is -0.353 e. The Morgan fingerprint density at radius 2 is 1.90 bits per heavy atom. The van der Waals surface area contributed by atoms with Gasteiger partial charge in [0.2, 0.25) is 5.91 Å². The molecule has 29 heavy (non-hydrogen) atoms. The predicted molar refractivity (Wildman–Crippen MR) is 116 cm³/mol. The first kappa shape index (κ1) is 20.7. The maximum absolute atomic E-state index is 12.7. The van der Waals surface area contributed by atoms with Crippen LogP contribution in [0.1, 0.15) is 29.7 Å². The Hall–Kier alpha value is -2.99. The van der Waals surface area contributed by atoms with Gasteiger partial charge in [-0.2, -0.15) is 0 Å². The fourth-order valence-electron chi connectivity index (χ4n) is 3.45. The third-order valence-electron chi connectivity index (χ3n) is 5.26. The van der Waals surface area contributed by atoms with Gasteiger partial charge in [-0.25, -0.2) is 4.98 Å². The van der Waals surface area contributed by atoms with E-state index >= 15 is 0 Å². The number of rotatable bonds is 7. The fraction of sp³-hybridized carbons (Fsp3) is 0.348. The molecule has 2 aromatic carbocycles. The molecule has 0 saturated heterocycles. The van der Waals surface area contributed by atoms with Crippen LogP contribution in [0.3, 0.4) is 0 Å². The van der Waals surface area contributed by atoms with Crippen molar-refractivity contribution >= 4 is 16.8 Å². The summed E-state index contributed by atoms with van der Waals surface area (Å²) in [7, 11) is 3.98. The lowest BCUT2D eigenvalue weighted by atomic mass is 10.0. The van der Waals surface area contributed by atoms with Crippen molar-refractivity contribution in [2.75, 3.05) is 20.6 Å². The van der Waals surface area contributed by atoms with Crippen LogP contribution in [0.5, 0.6) is 0 Å². The number of fused-ring (bicyclic) bond motifs is 1. The molecule has 1 unspecified atom stereocenters. The van der Waals surface area contributed by atoms with Crippen LogP contribution in [0.25, 0.3) is 10.9 Å². The van der Waals surface area contributed by atoms with Gasteiger partial charge in [0, 0.05) is 6.54 Å². The van der Waals surface area contributed by atoms with E-state index in [0.717, 1.165) is 17.5 Å². The first-order valence-corrected chi connectivity index (χ1v) is 9.87. The number of carbonyl (C=O) groups is 1. The predicted octanol–water partition coefficient (Wildman–Crippen LogP) is 2.69. The SMILES string of the molecule is CCc1ccc(C(CNC(=O)Cn2cnc3c(C)cccc3c2=O)N(C)C)cc1. The van der Waals surface area contributed by atoms with E-state index < -0.39 is 0 Å². The number of aromatic nitrogens is 2. The molecule has 6 heteroatoms. The van der Waals surface area contributed by atoms with Gasteiger partial charge in [-0.1, -0.05) is 43.3 Å². The van der Waals surface area contributed by atoms with E-state index in [9.17, 15) is 9.59 Å². The molecule has 0 fully saturated rings. The van der Waals surface area contributed by atoms with Crippen LogP contribution in [0.15, 0.2) is 53.6 Å². The standard InChI is InChI=1S/C23H28N4O2/c1-5-17-9-11-18(12-10-17)20(26(3)4)13-24-21(28)14-27-15-25-22-16(2)7-6-8-19(22)23(27)29/h6-12,15,20H,5,13-14H2,1-4H3,(H,24,28). The first-order chi connectivity index (χ1) is 13.9. The van der Waals surface area contributed by atoms with E-state index in [1.807, 2.05) is 33.2 Å². The average Bonchev–Trinajstić information content (AvgIpc) is 2.71. The second kappa shape index (κ2) is 9.01. The van der Waals surface area contributed by atoms with Crippen LogP contribution in [-0.4, -0.2) is 41.0 Å². The molecule has 0 saturated carbocycles. The topological polar surface area (TPSA) is 67.2 Å². The van der Waals surface area contributed by atoms with Gasteiger partial charge in [0.15, 0.2) is 0 Å². The lowest BCUT2D eigenvalue weighted by molar-refractivity contribution is -0.121. The molecule has 1 aromatic heterocycles. The van der Waals surface area contributed by atoms with Crippen molar-refractivity contribution in [2.24, 2.45) is 0 Å². The normalized spacial score (nSPS) is 12.3. The molecule has 0 aliphatic rings. The Balaban J connectivity index is 1.70. The van der Waals surface area contributed by atoms with Gasteiger partial charge >= 0.3 is 0 Å². The average molecular weight is 393 g/mol. The number of likely N-dealkylation sites (N-methyl/N-ethyl adjacent to an activating group) is 1. The van der Waals surface area contributed by atoms with Crippen molar-refractivity contribution in [3.8, 4) is 0 Å². The van der Waals surface area contributed by atoms with Gasteiger partial charge in [0.1, 0.15) is 6.54 Å². The number of hydrogen-bond acceptors (Lipinski definition) is 4. The number of nitrogens with one attached hydrogen (secondary N) is 1. The molecule has 6 nitrogen and oxygen atoms in total. The largest absolute Gasteiger partial charge is 0.353 e. The molecule has 1 amide bonds. The van der Waals surface area contributed by atoms with Crippen molar-refractivity contribution in [1.82, 2.24) is 19.8 Å². The van der Waals surface area contributed by atoms with E-state index in [4.69, 9.17) is 0 Å². The number of aryl methyl sites for hydroxylation is 2. The second-order valence-corrected chi connectivity index (χ2v) is 7.53. The molecule has 3 aromatic rings. The van der Waals surface area contributed by atoms with Crippen molar-refractivity contribution in [3.63, 3.8) is 0 Å². The molecule has 152 valence electrons. The summed E-state index contributed by atoms with van der Waals surface area (Å²) in [5, 5.41) is 3.49. The van der Waals surface area contributed by atoms with Gasteiger partial charge in [-0.15, -0.1) is 0 Å². The Bertz CT molecular complexity index is 1050. The molecule has 0 bridgehead atoms. The number of carbonyl (C=O) groups excluding carboxylic acids is 1. The molecule has 0 spiro atoms. The van der Waals surface area contributed by atoms with E-state index in [1.54, 1.807) is 6.07 Å². The molecule has 0 aliphatic heterocycles. The van der Waals surface area contributed by atoms with Crippen LogP contribution in [-0.2, 0) is 17.8 Å². The summed E-state index contributed by atoms with van der Waals surface area (Å²) in [6, 6.07) is 14.0. The Morgan fingerprint density at radius 3 is 2.55 bits per heavy atom. The highest BCUT2D eigenvalue weighted by Gasteiger charge is 2.16. The molecule has 0 radical (unpaired) electrons. The molecule has 1 atom stereocenters. The highest BCUT2D eigenvalue weighted by Crippen LogP contribution is 2.18. The van der Waals surface area contributed by atoms with Gasteiger partial charge in [-0.3, -0.25) is 14.2 Å². The molecule has 0 aliphatic carbocycles. The van der Waals surface area contributed by atoms with E-state index in [-0.39, 0.29) is 24.1 Å². The summed E-state index contributed by atoms with van der Waals surface area (Å²) in [4.78, 5) is 31.6. The quantitative estimate of drug-likeness (QED) is 0.671. The van der Waals surface area contributed by atoms with Crippen LogP contribution in [0.4, 0.5) is 0 Å². The van der Waals surface area contributed by atoms with Gasteiger partial charge in [0.25, 0.3) is 5.56 Å². The zero-order chi connectivity index (χ0) is 21.0. The monoisotopic (exact) mass is 392 g/mol. The lowest BCUT2D eigenvalue weighted by Crippen LogP contribution is -2.37. The highest BCUT2D eigenvalue weighted by molar-refractivity contribution is 5.81. The maximum atomic E-state index is 12.7. The number of para-hydroxylation sites is 1. The van der Waals surface area contributed by atoms with Crippen LogP contribution in [0.2, 0.25) is 0 Å². The minimum atomic E-state index is -0.210. The molecule has 3 rings (SSSR count). The summed E-state index contributed by atoms with van der Waals surface area (Å²) in [6.45, 7) is 4.46. The van der Waals surface area contributed by atoms with Gasteiger partial charge in [-0.05, 0) is 50.2 Å². The summed E-state index contributed by atoms with van der Waals surface area (Å²) in [6.07, 6.45) is 2.45. The van der Waals surface area contributed by atoms with Crippen LogP contribution in [0, 0.1) is 6.92 Å². The first-order valence-electron chi connectivity index (χ1n) is 9.87. The fourth-order valence-corrected chi connectivity index (χ4v) is 3.45. The van der Waals surface area contributed by atoms with E-state index in [1.165, 1.54) is 16.5 Å². The smallest absolute Gasteiger partial charge is 0.261 e. The lowest BCUT2D eigenvalue weighted by Gasteiger charge is -2.25. The third-order valence-corrected chi connectivity index (χ3v) is 5.26. The highest BCUT2D eigenvalue weighted by atomic mass is 16.2. The minimum absolute atomic E-state index is 0.0510. The van der Waals surface area contributed by atoms with Crippen LogP contribution >= 0.6 is 0 Å². The summed E-state index contributed by atoms with van der Waals surface area (Å²) >= 11 is 0. The van der Waals surface area contributed by atoms with E-state index in [2.05, 4.69) is 46.4 Å². The van der Waals surface area contributed by atoms with Gasteiger partial charge in [0.05, 0.1) is 23.3 Å². The van der Waals surface area contributed by atoms with Gasteiger partial charge < -0.3 is 10.2 Å². The number of amides is 1. The molecular weight excluding hydrogens is 364 g/mol. The zero-order valence-corrected chi connectivity index (χ0v) is 17.5. The van der Waals surface area contributed by atoms with Crippen LogP contribution < -0.4 is 10.9 Å². The molecular formula is C23H28N4O2. The van der Waals surface area contributed by atoms with Crippen molar-refractivity contribution < 1.29 is 4.79 Å². The molecule has 1 N–H and O–H groups in total. The van der Waals surface area contributed by atoms with Crippen molar-refractivity contribution in [3.05, 3.63) is 75.8 Å². The van der Waals surface area contributed by atoms with E-state index in [0.29, 0.717) is 17.4 Å². The zero-order valence-electron chi connectivity index (χ0n) is 17.5. The summed E-state index contributed by atoms with van der Waals surface area (Å²) < 4.78 is 1.36. The number of benzene rings is 2. The number of nitrogens with zero attached hydrogens (tertiary/aromatic N) is 3. The molecule has 1 heterocycles. The summed E-state index contributed by atoms with van der Waals surface area (Å²) in [5.41, 5.74) is 3.85. The van der Waals surface area contributed by atoms with Crippen molar-refractivity contribution in [1.29, 1.82) is 0 Å². The summed E-state index contributed by atoms with van der Waals surface area (Å²) in [5.74, 6) is -0.210. The third kappa shape index (κ3) is 4.71. The Morgan fingerprint density at radius 1 is 1.17 bits per heavy atom. The number of hydrogen-bond donors (Lipinski definition) is 1. The Kier molecular flexibility index (Phi) is 6.44. The second-order valence-electron chi connectivity index (χ2n) is 7.53.